The van der Waals surface area contributed by atoms with Crippen molar-refractivity contribution in [1.82, 2.24) is 9.47 Å². The summed E-state index contributed by atoms with van der Waals surface area (Å²) in [5.74, 6) is -1.38. The van der Waals surface area contributed by atoms with Crippen molar-refractivity contribution in [2.45, 2.75) is 20.0 Å². The Balaban J connectivity index is 1.53. The third kappa shape index (κ3) is 4.26. The van der Waals surface area contributed by atoms with Gasteiger partial charge in [-0.15, -0.1) is 0 Å². The van der Waals surface area contributed by atoms with E-state index in [1.165, 1.54) is 24.3 Å². The van der Waals surface area contributed by atoms with Crippen molar-refractivity contribution in [3.63, 3.8) is 0 Å². The number of aromatic nitrogens is 1. The number of hydrogen-bond donors (Lipinski definition) is 0. The largest absolute Gasteiger partial charge is 0.340 e. The van der Waals surface area contributed by atoms with E-state index >= 15 is 0 Å². The minimum atomic E-state index is -0.576. The molecule has 4 nitrogen and oxygen atoms in total. The molecule has 0 saturated carbocycles. The first-order valence-electron chi connectivity index (χ1n) is 10.8. The number of nitrogens with zero attached hydrogens (tertiary/aromatic N) is 2. The zero-order valence-electron chi connectivity index (χ0n) is 18.6. The zero-order valence-corrected chi connectivity index (χ0v) is 20.2. The Labute approximate surface area is 209 Å². The number of halogens is 3. The van der Waals surface area contributed by atoms with Gasteiger partial charge in [0, 0.05) is 38.3 Å². The lowest BCUT2D eigenvalue weighted by atomic mass is 10.1. The summed E-state index contributed by atoms with van der Waals surface area (Å²) < 4.78 is 30.6. The number of rotatable bonds is 5. The molecule has 0 aliphatic carbocycles. The fourth-order valence-corrected chi connectivity index (χ4v) is 5.29. The molecule has 0 spiro atoms. The van der Waals surface area contributed by atoms with Crippen LogP contribution in [0.4, 0.5) is 13.6 Å². The highest BCUT2D eigenvalue weighted by Gasteiger charge is 2.36. The molecule has 0 atom stereocenters. The quantitative estimate of drug-likeness (QED) is 0.268. The molecule has 4 aromatic rings. The highest BCUT2D eigenvalue weighted by atomic mass is 35.5. The van der Waals surface area contributed by atoms with E-state index in [2.05, 4.69) is 0 Å². The van der Waals surface area contributed by atoms with E-state index < -0.39 is 17.0 Å². The maximum Gasteiger partial charge on any atom is 0.293 e. The van der Waals surface area contributed by atoms with Crippen LogP contribution in [-0.2, 0) is 17.9 Å². The van der Waals surface area contributed by atoms with Gasteiger partial charge in [0.25, 0.3) is 11.1 Å². The Morgan fingerprint density at radius 3 is 2.40 bits per heavy atom. The molecular formula is C27H19ClF2N2O2S. The predicted octanol–water partition coefficient (Wildman–Crippen LogP) is 7.17. The molecule has 2 amide bonds. The molecule has 1 aliphatic rings. The summed E-state index contributed by atoms with van der Waals surface area (Å²) in [4.78, 5) is 27.0. The number of amides is 2. The molecule has 0 radical (unpaired) electrons. The van der Waals surface area contributed by atoms with Gasteiger partial charge < -0.3 is 4.57 Å². The van der Waals surface area contributed by atoms with Gasteiger partial charge in [0.05, 0.1) is 18.0 Å². The van der Waals surface area contributed by atoms with Crippen molar-refractivity contribution >= 4 is 51.5 Å². The third-order valence-electron chi connectivity index (χ3n) is 6.09. The van der Waals surface area contributed by atoms with E-state index in [0.29, 0.717) is 12.1 Å². The van der Waals surface area contributed by atoms with Gasteiger partial charge >= 0.3 is 0 Å². The van der Waals surface area contributed by atoms with Gasteiger partial charge in [0.1, 0.15) is 11.6 Å². The number of carbonyl (C=O) groups excluding carboxylic acids is 2. The van der Waals surface area contributed by atoms with E-state index in [9.17, 15) is 18.4 Å². The minimum absolute atomic E-state index is 0.0930. The topological polar surface area (TPSA) is 42.3 Å². The fourth-order valence-electron chi connectivity index (χ4n) is 4.25. The lowest BCUT2D eigenvalue weighted by molar-refractivity contribution is -0.123. The fraction of sp³-hybridized carbons (Fsp3) is 0.111. The molecule has 0 N–H and O–H groups in total. The Bertz CT molecular complexity index is 1510. The van der Waals surface area contributed by atoms with Crippen LogP contribution in [0.25, 0.3) is 17.0 Å². The van der Waals surface area contributed by atoms with Crippen LogP contribution in [0.5, 0.6) is 0 Å². The summed E-state index contributed by atoms with van der Waals surface area (Å²) >= 11 is 6.90. The van der Waals surface area contributed by atoms with E-state index in [-0.39, 0.29) is 27.9 Å². The molecule has 2 heterocycles. The number of imide groups is 1. The molecule has 1 saturated heterocycles. The van der Waals surface area contributed by atoms with Crippen molar-refractivity contribution in [3.05, 3.63) is 111 Å². The van der Waals surface area contributed by atoms with Crippen molar-refractivity contribution < 1.29 is 18.4 Å². The van der Waals surface area contributed by atoms with Gasteiger partial charge in [0.2, 0.25) is 0 Å². The highest BCUT2D eigenvalue weighted by molar-refractivity contribution is 8.18. The maximum absolute atomic E-state index is 14.4. The van der Waals surface area contributed by atoms with Gasteiger partial charge in [-0.3, -0.25) is 14.5 Å². The number of thioether (sulfide) groups is 1. The number of benzene rings is 3. The second-order valence-corrected chi connectivity index (χ2v) is 9.56. The molecule has 1 aromatic heterocycles. The van der Waals surface area contributed by atoms with Crippen LogP contribution in [0, 0.1) is 18.6 Å². The number of hydrogen-bond acceptors (Lipinski definition) is 3. The summed E-state index contributed by atoms with van der Waals surface area (Å²) in [6, 6.07) is 18.5. The highest BCUT2D eigenvalue weighted by Crippen LogP contribution is 2.37. The molecule has 1 aliphatic heterocycles. The predicted molar refractivity (Wildman–Crippen MR) is 135 cm³/mol. The number of fused-ring (bicyclic) bond motifs is 1. The normalized spacial score (nSPS) is 15.1. The monoisotopic (exact) mass is 508 g/mol. The molecule has 5 rings (SSSR count). The Kier molecular flexibility index (Phi) is 6.21. The van der Waals surface area contributed by atoms with Gasteiger partial charge in [-0.1, -0.05) is 54.1 Å². The molecule has 176 valence electrons. The van der Waals surface area contributed by atoms with Crippen LogP contribution >= 0.6 is 23.4 Å². The Morgan fingerprint density at radius 1 is 0.914 bits per heavy atom. The van der Waals surface area contributed by atoms with E-state index in [4.69, 9.17) is 11.6 Å². The number of carbonyl (C=O) groups is 2. The van der Waals surface area contributed by atoms with Crippen LogP contribution in [-0.4, -0.2) is 20.6 Å². The molecule has 0 bridgehead atoms. The zero-order chi connectivity index (χ0) is 24.7. The second kappa shape index (κ2) is 9.32. The smallest absolute Gasteiger partial charge is 0.293 e. The van der Waals surface area contributed by atoms with Gasteiger partial charge in [-0.05, 0) is 49.0 Å². The summed E-state index contributed by atoms with van der Waals surface area (Å²) in [6.07, 6.45) is 1.68. The first-order chi connectivity index (χ1) is 16.8. The van der Waals surface area contributed by atoms with E-state index in [0.717, 1.165) is 38.8 Å². The van der Waals surface area contributed by atoms with Crippen LogP contribution in [0.3, 0.4) is 0 Å². The van der Waals surface area contributed by atoms with Crippen LogP contribution in [0.1, 0.15) is 22.4 Å². The SMILES string of the molecule is Cc1c(/C=C2\SC(=O)N(Cc3c(F)cccc3Cl)C2=O)c2ccccc2n1Cc1ccccc1F. The second-order valence-electron chi connectivity index (χ2n) is 8.16. The van der Waals surface area contributed by atoms with Crippen LogP contribution in [0.15, 0.2) is 71.6 Å². The van der Waals surface area contributed by atoms with Crippen molar-refractivity contribution in [2.75, 3.05) is 0 Å². The van der Waals surface area contributed by atoms with Crippen molar-refractivity contribution in [3.8, 4) is 0 Å². The summed E-state index contributed by atoms with van der Waals surface area (Å²) in [7, 11) is 0. The average molecular weight is 509 g/mol. The summed E-state index contributed by atoms with van der Waals surface area (Å²) in [5, 5.41) is 0.540. The van der Waals surface area contributed by atoms with Gasteiger partial charge in [-0.25, -0.2) is 8.78 Å². The molecule has 35 heavy (non-hydrogen) atoms. The molecule has 0 unspecified atom stereocenters. The molecule has 1 fully saturated rings. The molecule has 3 aromatic carbocycles. The third-order valence-corrected chi connectivity index (χ3v) is 7.35. The van der Waals surface area contributed by atoms with Crippen LogP contribution < -0.4 is 0 Å². The number of para-hydroxylation sites is 1. The molecular weight excluding hydrogens is 490 g/mol. The lowest BCUT2D eigenvalue weighted by Crippen LogP contribution is -2.28. The lowest BCUT2D eigenvalue weighted by Gasteiger charge is -2.14. The van der Waals surface area contributed by atoms with Gasteiger partial charge in [-0.2, -0.15) is 0 Å². The summed E-state index contributed by atoms with van der Waals surface area (Å²) in [5.41, 5.74) is 3.13. The summed E-state index contributed by atoms with van der Waals surface area (Å²) in [6.45, 7) is 1.97. The Morgan fingerprint density at radius 2 is 1.63 bits per heavy atom. The van der Waals surface area contributed by atoms with Crippen molar-refractivity contribution in [2.24, 2.45) is 0 Å². The van der Waals surface area contributed by atoms with Crippen molar-refractivity contribution in [1.29, 1.82) is 0 Å². The minimum Gasteiger partial charge on any atom is -0.340 e. The van der Waals surface area contributed by atoms with E-state index in [1.54, 1.807) is 24.3 Å². The first kappa shape index (κ1) is 23.3. The maximum atomic E-state index is 14.4. The van der Waals surface area contributed by atoms with Gasteiger partial charge in [0.15, 0.2) is 0 Å². The standard InChI is InChI=1S/C27H19ClF2N2O2S/c1-16-19(18-8-3-5-12-24(18)31(16)14-17-7-2-4-10-22(17)29)13-25-26(33)32(27(34)35-25)15-20-21(28)9-6-11-23(20)30/h2-13H,14-15H2,1H3/b25-13-. The van der Waals surface area contributed by atoms with Crippen LogP contribution in [0.2, 0.25) is 5.02 Å². The molecule has 8 heteroatoms. The van der Waals surface area contributed by atoms with E-state index in [1.807, 2.05) is 35.8 Å². The Hall–Kier alpha value is -3.42. The average Bonchev–Trinajstić information content (AvgIpc) is 3.25. The first-order valence-corrected chi connectivity index (χ1v) is 12.0.